The average molecular weight is 525 g/mol. The van der Waals surface area contributed by atoms with Crippen LogP contribution in [0.3, 0.4) is 0 Å². The van der Waals surface area contributed by atoms with E-state index in [1.807, 2.05) is 53.2 Å². The Balaban J connectivity index is 1.34. The molecule has 1 unspecified atom stereocenters. The molecule has 2 aromatic carbocycles. The van der Waals surface area contributed by atoms with Crippen molar-refractivity contribution in [2.45, 2.75) is 26.3 Å². The van der Waals surface area contributed by atoms with Crippen LogP contribution in [0.2, 0.25) is 0 Å². The first-order valence-corrected chi connectivity index (χ1v) is 12.4. The molecule has 9 heteroatoms. The van der Waals surface area contributed by atoms with Gasteiger partial charge in [0.1, 0.15) is 12.1 Å². The first-order chi connectivity index (χ1) is 19.0. The number of methoxy groups -OCH3 is 1. The fourth-order valence-corrected chi connectivity index (χ4v) is 4.80. The van der Waals surface area contributed by atoms with Gasteiger partial charge in [-0.2, -0.15) is 0 Å². The third-order valence-corrected chi connectivity index (χ3v) is 6.61. The van der Waals surface area contributed by atoms with Crippen molar-refractivity contribution in [1.29, 1.82) is 0 Å². The number of nitrogens with one attached hydrogen (secondary N) is 1. The number of esters is 2. The van der Waals surface area contributed by atoms with E-state index < -0.39 is 17.9 Å². The normalized spacial score (nSPS) is 15.6. The summed E-state index contributed by atoms with van der Waals surface area (Å²) in [6.07, 6.45) is 10.5. The maximum Gasteiger partial charge on any atom is 0.337 e. The van der Waals surface area contributed by atoms with Crippen LogP contribution in [0, 0.1) is 0 Å². The lowest BCUT2D eigenvalue weighted by Crippen LogP contribution is -2.32. The number of hydrogen-bond acceptors (Lipinski definition) is 8. The molecule has 1 N–H and O–H groups in total. The monoisotopic (exact) mass is 524 g/mol. The topological polar surface area (TPSA) is 108 Å². The summed E-state index contributed by atoms with van der Waals surface area (Å²) in [5, 5.41) is 3.14. The van der Waals surface area contributed by atoms with E-state index in [2.05, 4.69) is 15.3 Å². The van der Waals surface area contributed by atoms with Gasteiger partial charge in [-0.3, -0.25) is 0 Å². The predicted molar refractivity (Wildman–Crippen MR) is 145 cm³/mol. The minimum atomic E-state index is -0.755. The highest BCUT2D eigenvalue weighted by molar-refractivity contribution is 6.01. The molecule has 2 aromatic heterocycles. The molecule has 198 valence electrons. The molecule has 0 saturated heterocycles. The summed E-state index contributed by atoms with van der Waals surface area (Å²) in [6.45, 7) is 4.36. The Bertz CT molecular complexity index is 1590. The number of rotatable bonds is 8. The molecule has 9 nitrogen and oxygen atoms in total. The first-order valence-electron chi connectivity index (χ1n) is 12.4. The van der Waals surface area contributed by atoms with Crippen molar-refractivity contribution in [2.24, 2.45) is 0 Å². The standard InChI is InChI=1S/C30H28N4O5/c1-19-25(29(35)37-3)27(23-7-4-8-24-28(23)39-18-32-24)26(20(2)33-19)30(36)38-15-5-6-21-9-11-22(12-10-21)16-34-14-13-31-17-34/h4-14,17-18,27,33H,15-16H2,1-3H3/b6-5+. The van der Waals surface area contributed by atoms with Crippen molar-refractivity contribution in [1.82, 2.24) is 19.9 Å². The number of aromatic nitrogens is 3. The van der Waals surface area contributed by atoms with Crippen LogP contribution < -0.4 is 5.32 Å². The summed E-state index contributed by atoms with van der Waals surface area (Å²) in [5.74, 6) is -1.85. The molecule has 1 aliphatic heterocycles. The molecule has 0 bridgehead atoms. The van der Waals surface area contributed by atoms with Gasteiger partial charge in [-0.05, 0) is 37.1 Å². The number of imidazole rings is 1. The number of ether oxygens (including phenoxy) is 2. The van der Waals surface area contributed by atoms with Gasteiger partial charge in [0, 0.05) is 35.9 Å². The van der Waals surface area contributed by atoms with Crippen molar-refractivity contribution < 1.29 is 23.5 Å². The summed E-state index contributed by atoms with van der Waals surface area (Å²) in [4.78, 5) is 34.6. The van der Waals surface area contributed by atoms with Gasteiger partial charge in [-0.25, -0.2) is 19.6 Å². The quantitative estimate of drug-likeness (QED) is 0.330. The second-order valence-corrected chi connectivity index (χ2v) is 9.15. The number of fused-ring (bicyclic) bond motifs is 1. The molecule has 0 aliphatic carbocycles. The minimum absolute atomic E-state index is 0.0574. The second-order valence-electron chi connectivity index (χ2n) is 9.15. The zero-order valence-electron chi connectivity index (χ0n) is 21.9. The highest BCUT2D eigenvalue weighted by Crippen LogP contribution is 2.41. The lowest BCUT2D eigenvalue weighted by molar-refractivity contribution is -0.138. The van der Waals surface area contributed by atoms with Gasteiger partial charge < -0.3 is 23.8 Å². The fraction of sp³-hybridized carbons (Fsp3) is 0.200. The van der Waals surface area contributed by atoms with E-state index in [9.17, 15) is 9.59 Å². The van der Waals surface area contributed by atoms with Crippen molar-refractivity contribution >= 4 is 29.1 Å². The van der Waals surface area contributed by atoms with Crippen molar-refractivity contribution in [2.75, 3.05) is 13.7 Å². The SMILES string of the molecule is COC(=O)C1=C(C)NC(C)=C(C(=O)OC/C=C/c2ccc(Cn3ccnc3)cc2)C1c1cccc2ncoc12. The van der Waals surface area contributed by atoms with E-state index in [1.165, 1.54) is 13.5 Å². The van der Waals surface area contributed by atoms with E-state index >= 15 is 0 Å². The number of para-hydroxylation sites is 1. The maximum atomic E-state index is 13.5. The zero-order valence-corrected chi connectivity index (χ0v) is 21.9. The lowest BCUT2D eigenvalue weighted by Gasteiger charge is -2.30. The third-order valence-electron chi connectivity index (χ3n) is 6.61. The molecule has 39 heavy (non-hydrogen) atoms. The van der Waals surface area contributed by atoms with Gasteiger partial charge in [-0.15, -0.1) is 0 Å². The number of carbonyl (C=O) groups is 2. The van der Waals surface area contributed by atoms with Gasteiger partial charge in [0.05, 0.1) is 30.5 Å². The fourth-order valence-electron chi connectivity index (χ4n) is 4.80. The summed E-state index contributed by atoms with van der Waals surface area (Å²) in [6, 6.07) is 13.5. The van der Waals surface area contributed by atoms with Crippen LogP contribution in [-0.4, -0.2) is 40.2 Å². The Morgan fingerprint density at radius 3 is 2.56 bits per heavy atom. The molecule has 1 aliphatic rings. The average Bonchev–Trinajstić information content (AvgIpc) is 3.63. The van der Waals surface area contributed by atoms with Crippen LogP contribution in [0.1, 0.15) is 36.5 Å². The molecular formula is C30H28N4O5. The van der Waals surface area contributed by atoms with Crippen molar-refractivity contribution in [3.63, 3.8) is 0 Å². The number of nitrogens with zero attached hydrogens (tertiary/aromatic N) is 3. The van der Waals surface area contributed by atoms with E-state index in [0.29, 0.717) is 39.2 Å². The summed E-state index contributed by atoms with van der Waals surface area (Å²) >= 11 is 0. The zero-order chi connectivity index (χ0) is 27.4. The molecule has 0 fully saturated rings. The van der Waals surface area contributed by atoms with Gasteiger partial charge >= 0.3 is 11.9 Å². The van der Waals surface area contributed by atoms with Crippen molar-refractivity contribution in [3.8, 4) is 0 Å². The van der Waals surface area contributed by atoms with Crippen LogP contribution in [0.5, 0.6) is 0 Å². The van der Waals surface area contributed by atoms with E-state index in [0.717, 1.165) is 17.7 Å². The van der Waals surface area contributed by atoms with Crippen LogP contribution >= 0.6 is 0 Å². The van der Waals surface area contributed by atoms with E-state index in [4.69, 9.17) is 13.9 Å². The smallest absolute Gasteiger partial charge is 0.337 e. The first kappa shape index (κ1) is 25.7. The number of carbonyl (C=O) groups excluding carboxylic acids is 2. The molecule has 0 spiro atoms. The summed E-state index contributed by atoms with van der Waals surface area (Å²) in [5.41, 5.74) is 5.68. The molecule has 3 heterocycles. The van der Waals surface area contributed by atoms with E-state index in [1.54, 1.807) is 38.5 Å². The molecular weight excluding hydrogens is 496 g/mol. The number of hydrogen-bond donors (Lipinski definition) is 1. The number of oxazole rings is 1. The van der Waals surface area contributed by atoms with Crippen LogP contribution in [0.4, 0.5) is 0 Å². The Kier molecular flexibility index (Phi) is 7.40. The minimum Gasteiger partial charge on any atom is -0.466 e. The van der Waals surface area contributed by atoms with Gasteiger partial charge in [-0.1, -0.05) is 42.5 Å². The molecule has 4 aromatic rings. The third kappa shape index (κ3) is 5.38. The molecule has 0 amide bonds. The molecule has 5 rings (SSSR count). The molecule has 0 saturated carbocycles. The van der Waals surface area contributed by atoms with Crippen LogP contribution in [0.15, 0.2) is 101 Å². The summed E-state index contributed by atoms with van der Waals surface area (Å²) < 4.78 is 18.4. The molecule has 1 atom stereocenters. The second kappa shape index (κ2) is 11.2. The highest BCUT2D eigenvalue weighted by atomic mass is 16.5. The largest absolute Gasteiger partial charge is 0.466 e. The number of benzene rings is 2. The van der Waals surface area contributed by atoms with Gasteiger partial charge in [0.15, 0.2) is 12.0 Å². The Morgan fingerprint density at radius 2 is 1.85 bits per heavy atom. The molecule has 0 radical (unpaired) electrons. The Labute approximate surface area is 225 Å². The predicted octanol–water partition coefficient (Wildman–Crippen LogP) is 4.74. The lowest BCUT2D eigenvalue weighted by atomic mass is 9.80. The van der Waals surface area contributed by atoms with Crippen LogP contribution in [-0.2, 0) is 25.6 Å². The van der Waals surface area contributed by atoms with E-state index in [-0.39, 0.29) is 6.61 Å². The maximum absolute atomic E-state index is 13.5. The van der Waals surface area contributed by atoms with Crippen LogP contribution in [0.25, 0.3) is 17.2 Å². The van der Waals surface area contributed by atoms with Crippen molar-refractivity contribution in [3.05, 3.63) is 113 Å². The van der Waals surface area contributed by atoms with Gasteiger partial charge in [0.25, 0.3) is 0 Å². The van der Waals surface area contributed by atoms with Gasteiger partial charge in [0.2, 0.25) is 0 Å². The Morgan fingerprint density at radius 1 is 1.08 bits per heavy atom. The summed E-state index contributed by atoms with van der Waals surface area (Å²) in [7, 11) is 1.31. The number of allylic oxidation sites excluding steroid dienone is 2. The highest BCUT2D eigenvalue weighted by Gasteiger charge is 2.39. The number of dihydropyridines is 1. The Hall–Kier alpha value is -4.92.